The number of amides is 3. The predicted octanol–water partition coefficient (Wildman–Crippen LogP) is 4.47. The molecule has 0 unspecified atom stereocenters. The Labute approximate surface area is 256 Å². The number of para-hydroxylation sites is 1. The van der Waals surface area contributed by atoms with Crippen molar-refractivity contribution in [1.82, 2.24) is 20.1 Å². The van der Waals surface area contributed by atoms with Gasteiger partial charge in [0.2, 0.25) is 11.8 Å². The molecule has 1 aromatic heterocycles. The molecule has 4 aromatic rings. The lowest BCUT2D eigenvalue weighted by Crippen LogP contribution is -2.39. The van der Waals surface area contributed by atoms with E-state index in [4.69, 9.17) is 9.47 Å². The fraction of sp³-hybridized carbons (Fsp3) is 0.286. The van der Waals surface area contributed by atoms with Crippen molar-refractivity contribution in [2.75, 3.05) is 46.4 Å². The van der Waals surface area contributed by atoms with Crippen molar-refractivity contribution in [3.05, 3.63) is 102 Å². The highest BCUT2D eigenvalue weighted by Gasteiger charge is 2.41. The van der Waals surface area contributed by atoms with Gasteiger partial charge in [-0.1, -0.05) is 48.5 Å². The number of nitrogens with one attached hydrogen (secondary N) is 2. The van der Waals surface area contributed by atoms with E-state index in [0.29, 0.717) is 56.2 Å². The predicted molar refractivity (Wildman–Crippen MR) is 169 cm³/mol. The summed E-state index contributed by atoms with van der Waals surface area (Å²) in [6, 6.07) is 22.9. The molecule has 9 nitrogen and oxygen atoms in total. The summed E-state index contributed by atoms with van der Waals surface area (Å²) >= 11 is 0. The molecule has 1 fully saturated rings. The number of hydrogen-bond donors (Lipinski definition) is 2. The standard InChI is InChI=1S/C35H36N4O5/c1-43-30-13-12-26-21-31(30)44-20-19-38(32(40)14-11-24-7-3-2-4-8-24)18-6-16-37-34(41)29-23-39(22-28(26)29)35(42)27-10-5-9-25-15-17-36-33(25)27/h2-5,7-15,17,21,28-29,36H,6,16,18-20,22-23H2,1H3,(H,37,41)/b14-11+/t28-,29+/m1/s1. The number of likely N-dealkylation sites (tertiary alicyclic amines) is 1. The van der Waals surface area contributed by atoms with Gasteiger partial charge in [-0.05, 0) is 47.9 Å². The second-order valence-electron chi connectivity index (χ2n) is 11.1. The zero-order chi connectivity index (χ0) is 30.5. The first-order valence-electron chi connectivity index (χ1n) is 15.0. The number of rotatable bonds is 4. The van der Waals surface area contributed by atoms with E-state index in [-0.39, 0.29) is 30.2 Å². The van der Waals surface area contributed by atoms with Crippen molar-refractivity contribution in [3.63, 3.8) is 0 Å². The molecule has 2 atom stereocenters. The SMILES string of the molecule is COc1ccc2cc1OCCN(C(=O)/C=C/c1ccccc1)CCCNC(=O)[C@H]1CN(C(=O)c3cccc4cc[nH]c34)C[C@H]21. The number of carbonyl (C=O) groups is 3. The van der Waals surface area contributed by atoms with E-state index in [2.05, 4.69) is 10.3 Å². The van der Waals surface area contributed by atoms with Crippen LogP contribution in [0.3, 0.4) is 0 Å². The van der Waals surface area contributed by atoms with Crippen LogP contribution in [0.1, 0.15) is 33.8 Å². The second-order valence-corrected chi connectivity index (χ2v) is 11.1. The minimum atomic E-state index is -0.447. The molecule has 3 heterocycles. The van der Waals surface area contributed by atoms with Crippen molar-refractivity contribution in [3.8, 4) is 11.5 Å². The van der Waals surface area contributed by atoms with E-state index in [1.165, 1.54) is 0 Å². The Morgan fingerprint density at radius 2 is 1.80 bits per heavy atom. The number of aromatic nitrogens is 1. The van der Waals surface area contributed by atoms with Crippen LogP contribution < -0.4 is 14.8 Å². The van der Waals surface area contributed by atoms with Crippen molar-refractivity contribution < 1.29 is 23.9 Å². The molecular formula is C35H36N4O5. The summed E-state index contributed by atoms with van der Waals surface area (Å²) in [6.45, 7) is 2.21. The van der Waals surface area contributed by atoms with Crippen LogP contribution in [0.5, 0.6) is 11.5 Å². The fourth-order valence-electron chi connectivity index (χ4n) is 6.09. The second kappa shape index (κ2) is 13.1. The minimum Gasteiger partial charge on any atom is -0.493 e. The van der Waals surface area contributed by atoms with Crippen molar-refractivity contribution in [1.29, 1.82) is 0 Å². The molecule has 9 heteroatoms. The van der Waals surface area contributed by atoms with Gasteiger partial charge in [-0.15, -0.1) is 0 Å². The number of ether oxygens (including phenoxy) is 2. The zero-order valence-corrected chi connectivity index (χ0v) is 24.7. The molecule has 2 aliphatic rings. The Morgan fingerprint density at radius 3 is 2.64 bits per heavy atom. The minimum absolute atomic E-state index is 0.111. The summed E-state index contributed by atoms with van der Waals surface area (Å²) in [5.41, 5.74) is 3.21. The Balaban J connectivity index is 1.24. The molecule has 2 N–H and O–H groups in total. The van der Waals surface area contributed by atoms with Gasteiger partial charge in [0.1, 0.15) is 6.61 Å². The molecule has 226 valence electrons. The normalized spacial score (nSPS) is 19.2. The Hall–Kier alpha value is -5.05. The first-order chi connectivity index (χ1) is 21.5. The van der Waals surface area contributed by atoms with E-state index < -0.39 is 5.92 Å². The third-order valence-corrected chi connectivity index (χ3v) is 8.43. The molecule has 6 rings (SSSR count). The molecule has 44 heavy (non-hydrogen) atoms. The van der Waals surface area contributed by atoms with Gasteiger partial charge in [0.25, 0.3) is 5.91 Å². The van der Waals surface area contributed by atoms with E-state index in [9.17, 15) is 14.4 Å². The summed E-state index contributed by atoms with van der Waals surface area (Å²) in [5.74, 6) is 0.0809. The first-order valence-corrected chi connectivity index (χ1v) is 15.0. The van der Waals surface area contributed by atoms with Crippen LogP contribution >= 0.6 is 0 Å². The number of nitrogens with zero attached hydrogens (tertiary/aromatic N) is 2. The highest BCUT2D eigenvalue weighted by Crippen LogP contribution is 2.38. The average Bonchev–Trinajstić information content (AvgIpc) is 3.72. The van der Waals surface area contributed by atoms with Crippen LogP contribution in [0.2, 0.25) is 0 Å². The zero-order valence-electron chi connectivity index (χ0n) is 24.7. The highest BCUT2D eigenvalue weighted by molar-refractivity contribution is 6.06. The summed E-state index contributed by atoms with van der Waals surface area (Å²) < 4.78 is 11.8. The molecule has 3 aromatic carbocycles. The maximum Gasteiger partial charge on any atom is 0.256 e. The summed E-state index contributed by atoms with van der Waals surface area (Å²) in [5, 5.41) is 4.05. The molecule has 1 saturated heterocycles. The van der Waals surface area contributed by atoms with Crippen molar-refractivity contribution >= 4 is 34.7 Å². The summed E-state index contributed by atoms with van der Waals surface area (Å²) in [7, 11) is 1.58. The highest BCUT2D eigenvalue weighted by atomic mass is 16.5. The average molecular weight is 593 g/mol. The molecular weight excluding hydrogens is 556 g/mol. The molecule has 3 amide bonds. The molecule has 0 aliphatic carbocycles. The maximum absolute atomic E-state index is 13.8. The monoisotopic (exact) mass is 592 g/mol. The lowest BCUT2D eigenvalue weighted by atomic mass is 9.88. The van der Waals surface area contributed by atoms with Crippen LogP contribution in [-0.4, -0.2) is 78.9 Å². The molecule has 0 radical (unpaired) electrons. The van der Waals surface area contributed by atoms with Crippen LogP contribution in [0.15, 0.2) is 85.1 Å². The lowest BCUT2D eigenvalue weighted by molar-refractivity contribution is -0.126. The number of hydrogen-bond acceptors (Lipinski definition) is 5. The van der Waals surface area contributed by atoms with E-state index in [0.717, 1.165) is 22.0 Å². The Kier molecular flexibility index (Phi) is 8.63. The maximum atomic E-state index is 13.8. The number of methoxy groups -OCH3 is 1. The quantitative estimate of drug-likeness (QED) is 0.341. The van der Waals surface area contributed by atoms with Crippen LogP contribution in [0.4, 0.5) is 0 Å². The van der Waals surface area contributed by atoms with Crippen molar-refractivity contribution in [2.24, 2.45) is 5.92 Å². The largest absolute Gasteiger partial charge is 0.493 e. The molecule has 2 bridgehead atoms. The van der Waals surface area contributed by atoms with Crippen molar-refractivity contribution in [2.45, 2.75) is 12.3 Å². The Bertz CT molecular complexity index is 1680. The topological polar surface area (TPSA) is 104 Å². The van der Waals surface area contributed by atoms with E-state index >= 15 is 0 Å². The van der Waals surface area contributed by atoms with E-state index in [1.807, 2.05) is 79.0 Å². The molecule has 2 aliphatic heterocycles. The van der Waals surface area contributed by atoms with Gasteiger partial charge < -0.3 is 29.6 Å². The lowest BCUT2D eigenvalue weighted by Gasteiger charge is -2.24. The number of benzene rings is 3. The number of aromatic amines is 1. The fourth-order valence-corrected chi connectivity index (χ4v) is 6.09. The van der Waals surface area contributed by atoms with E-state index in [1.54, 1.807) is 29.1 Å². The number of carbonyl (C=O) groups excluding carboxylic acids is 3. The molecule has 0 spiro atoms. The summed E-state index contributed by atoms with van der Waals surface area (Å²) in [6.07, 6.45) is 5.78. The van der Waals surface area contributed by atoms with Crippen LogP contribution in [-0.2, 0) is 9.59 Å². The molecule has 0 saturated carbocycles. The van der Waals surface area contributed by atoms with Gasteiger partial charge in [0.05, 0.1) is 30.7 Å². The number of fused-ring (bicyclic) bond motifs is 5. The Morgan fingerprint density at radius 1 is 0.955 bits per heavy atom. The third-order valence-electron chi connectivity index (χ3n) is 8.43. The number of H-pyrrole nitrogens is 1. The van der Waals surface area contributed by atoms with Gasteiger partial charge in [0.15, 0.2) is 11.5 Å². The van der Waals surface area contributed by atoms with Gasteiger partial charge in [-0.25, -0.2) is 0 Å². The summed E-state index contributed by atoms with van der Waals surface area (Å²) in [4.78, 5) is 47.2. The van der Waals surface area contributed by atoms with Crippen LogP contribution in [0.25, 0.3) is 17.0 Å². The van der Waals surface area contributed by atoms with Gasteiger partial charge in [-0.2, -0.15) is 0 Å². The first kappa shape index (κ1) is 29.0. The van der Waals surface area contributed by atoms with Gasteiger partial charge >= 0.3 is 0 Å². The van der Waals surface area contributed by atoms with Crippen LogP contribution in [0, 0.1) is 5.92 Å². The third kappa shape index (κ3) is 6.17. The van der Waals surface area contributed by atoms with Gasteiger partial charge in [-0.3, -0.25) is 14.4 Å². The smallest absolute Gasteiger partial charge is 0.256 e. The van der Waals surface area contributed by atoms with Gasteiger partial charge in [0, 0.05) is 49.8 Å².